The zero-order chi connectivity index (χ0) is 21.0. The zero-order valence-corrected chi connectivity index (χ0v) is 17.4. The monoisotopic (exact) mass is 404 g/mol. The molecule has 1 fully saturated rings. The quantitative estimate of drug-likeness (QED) is 0.676. The van der Waals surface area contributed by atoms with Crippen molar-refractivity contribution >= 4 is 11.8 Å². The van der Waals surface area contributed by atoms with E-state index >= 15 is 0 Å². The van der Waals surface area contributed by atoms with E-state index < -0.39 is 0 Å². The molecule has 2 aromatic heterocycles. The minimum Gasteiger partial charge on any atom is -0.375 e. The standard InChI is InChI=1S/C19H28N6O4/c1-13-10-16(21-23(13)3)19(27)24-8-5-6-15(11-24)25(14(2)26)9-7-17-20-18(12-28-4)29-22-17/h10,15H,5-9,11-12H2,1-4H3. The molecule has 0 aliphatic carbocycles. The largest absolute Gasteiger partial charge is 0.375 e. The van der Waals surface area contributed by atoms with Crippen molar-refractivity contribution in [2.24, 2.45) is 7.05 Å². The fraction of sp³-hybridized carbons (Fsp3) is 0.632. The van der Waals surface area contributed by atoms with Gasteiger partial charge in [-0.05, 0) is 25.8 Å². The van der Waals surface area contributed by atoms with Crippen molar-refractivity contribution in [2.75, 3.05) is 26.7 Å². The fourth-order valence-corrected chi connectivity index (χ4v) is 3.61. The molecule has 0 spiro atoms. The number of likely N-dealkylation sites (tertiary alicyclic amines) is 1. The lowest BCUT2D eigenvalue weighted by Crippen LogP contribution is -2.51. The first-order valence-corrected chi connectivity index (χ1v) is 9.76. The second-order valence-corrected chi connectivity index (χ2v) is 7.34. The summed E-state index contributed by atoms with van der Waals surface area (Å²) in [6, 6.07) is 1.75. The van der Waals surface area contributed by atoms with Crippen molar-refractivity contribution in [3.63, 3.8) is 0 Å². The second-order valence-electron chi connectivity index (χ2n) is 7.34. The summed E-state index contributed by atoms with van der Waals surface area (Å²) in [7, 11) is 3.38. The highest BCUT2D eigenvalue weighted by Gasteiger charge is 2.30. The van der Waals surface area contributed by atoms with Gasteiger partial charge in [-0.25, -0.2) is 0 Å². The molecular formula is C19H28N6O4. The van der Waals surface area contributed by atoms with Gasteiger partial charge in [0.05, 0.1) is 0 Å². The number of carbonyl (C=O) groups excluding carboxylic acids is 2. The topological polar surface area (TPSA) is 107 Å². The molecule has 1 atom stereocenters. The molecule has 2 amide bonds. The molecule has 0 N–H and O–H groups in total. The van der Waals surface area contributed by atoms with E-state index in [1.807, 2.05) is 14.0 Å². The van der Waals surface area contributed by atoms with E-state index in [1.165, 1.54) is 0 Å². The van der Waals surface area contributed by atoms with Crippen LogP contribution < -0.4 is 0 Å². The van der Waals surface area contributed by atoms with Gasteiger partial charge < -0.3 is 19.1 Å². The predicted molar refractivity (Wildman–Crippen MR) is 103 cm³/mol. The highest BCUT2D eigenvalue weighted by molar-refractivity contribution is 5.92. The summed E-state index contributed by atoms with van der Waals surface area (Å²) in [5.74, 6) is 0.829. The van der Waals surface area contributed by atoms with Crippen LogP contribution in [-0.4, -0.2) is 74.3 Å². The number of aromatic nitrogens is 4. The first-order valence-electron chi connectivity index (χ1n) is 9.76. The molecule has 1 aliphatic heterocycles. The van der Waals surface area contributed by atoms with E-state index in [4.69, 9.17) is 9.26 Å². The first kappa shape index (κ1) is 21.0. The number of carbonyl (C=O) groups is 2. The molecule has 0 saturated carbocycles. The van der Waals surface area contributed by atoms with Gasteiger partial charge in [-0.3, -0.25) is 14.3 Å². The molecule has 2 aromatic rings. The maximum absolute atomic E-state index is 12.8. The number of aryl methyl sites for hydroxylation is 2. The van der Waals surface area contributed by atoms with Crippen LogP contribution in [0.1, 0.15) is 47.7 Å². The molecule has 10 heteroatoms. The average Bonchev–Trinajstić information content (AvgIpc) is 3.28. The Kier molecular flexibility index (Phi) is 6.63. The summed E-state index contributed by atoms with van der Waals surface area (Å²) >= 11 is 0. The third-order valence-corrected chi connectivity index (χ3v) is 5.22. The van der Waals surface area contributed by atoms with Crippen molar-refractivity contribution in [3.05, 3.63) is 29.2 Å². The van der Waals surface area contributed by atoms with Crippen LogP contribution in [0.3, 0.4) is 0 Å². The Morgan fingerprint density at radius 2 is 2.21 bits per heavy atom. The molecular weight excluding hydrogens is 376 g/mol. The number of ether oxygens (including phenoxy) is 1. The van der Waals surface area contributed by atoms with Crippen molar-refractivity contribution in [2.45, 2.75) is 45.8 Å². The molecule has 0 bridgehead atoms. The fourth-order valence-electron chi connectivity index (χ4n) is 3.61. The SMILES string of the molecule is COCc1nc(CCN(C(C)=O)C2CCCN(C(=O)c3cc(C)n(C)n3)C2)no1. The number of hydrogen-bond donors (Lipinski definition) is 0. The summed E-state index contributed by atoms with van der Waals surface area (Å²) in [6.45, 7) is 5.36. The van der Waals surface area contributed by atoms with Crippen LogP contribution in [0.25, 0.3) is 0 Å². The van der Waals surface area contributed by atoms with E-state index in [2.05, 4.69) is 15.2 Å². The van der Waals surface area contributed by atoms with E-state index in [0.717, 1.165) is 18.5 Å². The van der Waals surface area contributed by atoms with Gasteiger partial charge in [-0.15, -0.1) is 0 Å². The summed E-state index contributed by atoms with van der Waals surface area (Å²) in [5.41, 5.74) is 1.37. The van der Waals surface area contributed by atoms with E-state index in [-0.39, 0.29) is 24.5 Å². The van der Waals surface area contributed by atoms with Crippen LogP contribution in [0, 0.1) is 6.92 Å². The van der Waals surface area contributed by atoms with Crippen molar-refractivity contribution < 1.29 is 18.8 Å². The lowest BCUT2D eigenvalue weighted by atomic mass is 10.0. The third kappa shape index (κ3) is 5.00. The molecule has 10 nitrogen and oxygen atoms in total. The maximum Gasteiger partial charge on any atom is 0.274 e. The molecule has 1 unspecified atom stereocenters. The summed E-state index contributed by atoms with van der Waals surface area (Å²) < 4.78 is 11.8. The average molecular weight is 404 g/mol. The van der Waals surface area contributed by atoms with E-state index in [1.54, 1.807) is 34.6 Å². The Balaban J connectivity index is 1.63. The second kappa shape index (κ2) is 9.17. The predicted octanol–water partition coefficient (Wildman–Crippen LogP) is 0.954. The Morgan fingerprint density at radius 3 is 2.86 bits per heavy atom. The number of rotatable bonds is 7. The molecule has 1 aliphatic rings. The Morgan fingerprint density at radius 1 is 1.41 bits per heavy atom. The van der Waals surface area contributed by atoms with Gasteiger partial charge in [0.1, 0.15) is 6.61 Å². The summed E-state index contributed by atoms with van der Waals surface area (Å²) in [4.78, 5) is 33.0. The number of amides is 2. The molecule has 3 rings (SSSR count). The van der Waals surface area contributed by atoms with E-state index in [0.29, 0.717) is 43.5 Å². The minimum atomic E-state index is -0.0933. The minimum absolute atomic E-state index is 0.0291. The summed E-state index contributed by atoms with van der Waals surface area (Å²) in [6.07, 6.45) is 2.18. The highest BCUT2D eigenvalue weighted by Crippen LogP contribution is 2.19. The van der Waals surface area contributed by atoms with Crippen LogP contribution in [0.4, 0.5) is 0 Å². The maximum atomic E-state index is 12.8. The lowest BCUT2D eigenvalue weighted by molar-refractivity contribution is -0.132. The van der Waals surface area contributed by atoms with Crippen LogP contribution >= 0.6 is 0 Å². The number of methoxy groups -OCH3 is 1. The van der Waals surface area contributed by atoms with Crippen LogP contribution in [-0.2, 0) is 29.6 Å². The third-order valence-electron chi connectivity index (χ3n) is 5.22. The van der Waals surface area contributed by atoms with Crippen molar-refractivity contribution in [1.29, 1.82) is 0 Å². The summed E-state index contributed by atoms with van der Waals surface area (Å²) in [5, 5.41) is 8.22. The number of piperidine rings is 1. The van der Waals surface area contributed by atoms with Gasteiger partial charge in [-0.2, -0.15) is 10.1 Å². The molecule has 158 valence electrons. The first-order chi connectivity index (χ1) is 13.9. The molecule has 3 heterocycles. The van der Waals surface area contributed by atoms with Crippen LogP contribution in [0.5, 0.6) is 0 Å². The molecule has 1 saturated heterocycles. The number of hydrogen-bond acceptors (Lipinski definition) is 7. The van der Waals surface area contributed by atoms with Gasteiger partial charge in [0.15, 0.2) is 11.5 Å². The number of nitrogens with zero attached hydrogens (tertiary/aromatic N) is 6. The van der Waals surface area contributed by atoms with Gasteiger partial charge in [0.25, 0.3) is 11.8 Å². The highest BCUT2D eigenvalue weighted by atomic mass is 16.5. The van der Waals surface area contributed by atoms with Gasteiger partial charge >= 0.3 is 0 Å². The lowest BCUT2D eigenvalue weighted by Gasteiger charge is -2.38. The van der Waals surface area contributed by atoms with E-state index in [9.17, 15) is 9.59 Å². The zero-order valence-electron chi connectivity index (χ0n) is 17.4. The van der Waals surface area contributed by atoms with Crippen LogP contribution in [0.2, 0.25) is 0 Å². The normalized spacial score (nSPS) is 16.8. The molecule has 0 aromatic carbocycles. The van der Waals surface area contributed by atoms with Crippen molar-refractivity contribution in [1.82, 2.24) is 29.7 Å². The Hall–Kier alpha value is -2.75. The Bertz CT molecular complexity index is 841. The van der Waals surface area contributed by atoms with Gasteiger partial charge in [0, 0.05) is 58.9 Å². The molecule has 0 radical (unpaired) electrons. The van der Waals surface area contributed by atoms with Crippen molar-refractivity contribution in [3.8, 4) is 0 Å². The smallest absolute Gasteiger partial charge is 0.274 e. The van der Waals surface area contributed by atoms with Crippen LogP contribution in [0.15, 0.2) is 10.6 Å². The Labute approximate surface area is 169 Å². The molecule has 29 heavy (non-hydrogen) atoms. The van der Waals surface area contributed by atoms with Gasteiger partial charge in [0.2, 0.25) is 5.91 Å². The van der Waals surface area contributed by atoms with Gasteiger partial charge in [-0.1, -0.05) is 5.16 Å².